The van der Waals surface area contributed by atoms with Gasteiger partial charge in [-0.25, -0.2) is 9.97 Å². The first-order valence-electron chi connectivity index (χ1n) is 9.01. The molecule has 2 aromatic carbocycles. The average molecular weight is 359 g/mol. The summed E-state index contributed by atoms with van der Waals surface area (Å²) in [6.45, 7) is 3.82. The third kappa shape index (κ3) is 3.28. The number of ether oxygens (including phenoxy) is 1. The van der Waals surface area contributed by atoms with E-state index in [4.69, 9.17) is 10.5 Å². The predicted molar refractivity (Wildman–Crippen MR) is 104 cm³/mol. The summed E-state index contributed by atoms with van der Waals surface area (Å²) in [5.41, 5.74) is 9.88. The van der Waals surface area contributed by atoms with Crippen molar-refractivity contribution >= 4 is 11.7 Å². The van der Waals surface area contributed by atoms with Gasteiger partial charge < -0.3 is 10.5 Å². The Hall–Kier alpha value is -3.21. The fraction of sp³-hybridized carbons (Fsp3) is 0.227. The van der Waals surface area contributed by atoms with Gasteiger partial charge in [-0.15, -0.1) is 0 Å². The summed E-state index contributed by atoms with van der Waals surface area (Å²) in [7, 11) is 0. The van der Waals surface area contributed by atoms with Crippen molar-refractivity contribution in [3.05, 3.63) is 76.6 Å². The second kappa shape index (κ2) is 6.83. The van der Waals surface area contributed by atoms with Gasteiger partial charge in [-0.3, -0.25) is 4.79 Å². The number of anilines is 1. The van der Waals surface area contributed by atoms with Crippen molar-refractivity contribution in [3.63, 3.8) is 0 Å². The molecule has 5 nitrogen and oxygen atoms in total. The summed E-state index contributed by atoms with van der Waals surface area (Å²) in [6, 6.07) is 15.8. The number of carbonyl (C=O) groups is 1. The van der Waals surface area contributed by atoms with Crippen molar-refractivity contribution in [3.8, 4) is 11.5 Å². The van der Waals surface area contributed by atoms with E-state index >= 15 is 0 Å². The highest BCUT2D eigenvalue weighted by Crippen LogP contribution is 2.39. The third-order valence-electron chi connectivity index (χ3n) is 5.00. The van der Waals surface area contributed by atoms with Crippen molar-refractivity contribution in [2.75, 3.05) is 5.73 Å². The molecule has 5 heteroatoms. The lowest BCUT2D eigenvalue weighted by Crippen LogP contribution is -2.23. The van der Waals surface area contributed by atoms with E-state index in [2.05, 4.69) is 9.97 Å². The largest absolute Gasteiger partial charge is 0.457 e. The van der Waals surface area contributed by atoms with Gasteiger partial charge in [-0.2, -0.15) is 0 Å². The maximum atomic E-state index is 12.8. The molecule has 1 heterocycles. The molecule has 1 atom stereocenters. The molecule has 1 aliphatic rings. The van der Waals surface area contributed by atoms with Crippen molar-refractivity contribution in [2.45, 2.75) is 32.6 Å². The fourth-order valence-electron chi connectivity index (χ4n) is 3.72. The number of ketones is 1. The number of rotatable bonds is 3. The number of Topliss-reactive ketones (excluding diaryl/α,β-unsaturated/α-hetero) is 1. The molecule has 0 radical (unpaired) electrons. The van der Waals surface area contributed by atoms with Crippen LogP contribution < -0.4 is 10.5 Å². The zero-order valence-corrected chi connectivity index (χ0v) is 15.4. The van der Waals surface area contributed by atoms with Gasteiger partial charge >= 0.3 is 0 Å². The number of para-hydroxylation sites is 2. The van der Waals surface area contributed by atoms with Crippen molar-refractivity contribution in [1.29, 1.82) is 0 Å². The van der Waals surface area contributed by atoms with Crippen molar-refractivity contribution in [1.82, 2.24) is 9.97 Å². The molecule has 2 N–H and O–H groups in total. The molecular formula is C22H21N3O2. The molecule has 0 saturated carbocycles. The van der Waals surface area contributed by atoms with E-state index in [1.165, 1.54) is 0 Å². The zero-order valence-electron chi connectivity index (χ0n) is 15.4. The summed E-state index contributed by atoms with van der Waals surface area (Å²) in [6.07, 6.45) is 1.05. The molecule has 136 valence electrons. The first-order valence-corrected chi connectivity index (χ1v) is 9.01. The maximum absolute atomic E-state index is 12.8. The van der Waals surface area contributed by atoms with Gasteiger partial charge in [0.1, 0.15) is 11.5 Å². The van der Waals surface area contributed by atoms with E-state index in [1.54, 1.807) is 0 Å². The van der Waals surface area contributed by atoms with E-state index in [0.29, 0.717) is 24.1 Å². The van der Waals surface area contributed by atoms with Gasteiger partial charge in [0.15, 0.2) is 5.78 Å². The number of fused-ring (bicyclic) bond motifs is 1. The first-order chi connectivity index (χ1) is 13.0. The quantitative estimate of drug-likeness (QED) is 0.751. The molecule has 1 aromatic heterocycles. The summed E-state index contributed by atoms with van der Waals surface area (Å²) >= 11 is 0. The monoisotopic (exact) mass is 359 g/mol. The molecule has 0 saturated heterocycles. The Morgan fingerprint density at radius 1 is 0.963 bits per heavy atom. The Balaban J connectivity index is 1.71. The smallest absolute Gasteiger partial charge is 0.220 e. The number of nitrogens with two attached hydrogens (primary N) is 1. The van der Waals surface area contributed by atoms with Crippen molar-refractivity contribution < 1.29 is 9.53 Å². The number of nitrogens with zero attached hydrogens (tertiary/aromatic N) is 2. The Bertz CT molecular complexity index is 1030. The lowest BCUT2D eigenvalue weighted by molar-refractivity contribution is 0.0961. The molecule has 27 heavy (non-hydrogen) atoms. The van der Waals surface area contributed by atoms with Crippen LogP contribution in [0.3, 0.4) is 0 Å². The summed E-state index contributed by atoms with van der Waals surface area (Å²) in [5.74, 6) is 1.86. The lowest BCUT2D eigenvalue weighted by Gasteiger charge is -2.26. The molecule has 0 bridgehead atoms. The van der Waals surface area contributed by atoms with Gasteiger partial charge in [-0.05, 0) is 43.5 Å². The zero-order chi connectivity index (χ0) is 19.0. The van der Waals surface area contributed by atoms with Crippen LogP contribution in [0.5, 0.6) is 11.5 Å². The average Bonchev–Trinajstić information content (AvgIpc) is 2.63. The summed E-state index contributed by atoms with van der Waals surface area (Å²) in [5, 5.41) is 0. The highest BCUT2D eigenvalue weighted by molar-refractivity contribution is 5.99. The fourth-order valence-corrected chi connectivity index (χ4v) is 3.72. The molecule has 0 spiro atoms. The highest BCUT2D eigenvalue weighted by atomic mass is 16.5. The number of carbonyl (C=O) groups excluding carboxylic acids is 1. The highest BCUT2D eigenvalue weighted by Gasteiger charge is 2.31. The summed E-state index contributed by atoms with van der Waals surface area (Å²) in [4.78, 5) is 21.2. The molecule has 0 fully saturated rings. The number of benzene rings is 2. The number of hydrogen-bond acceptors (Lipinski definition) is 5. The second-order valence-electron chi connectivity index (χ2n) is 6.92. The van der Waals surface area contributed by atoms with Crippen LogP contribution in [0.1, 0.15) is 45.2 Å². The van der Waals surface area contributed by atoms with Gasteiger partial charge in [0.2, 0.25) is 5.95 Å². The van der Waals surface area contributed by atoms with Crippen LogP contribution >= 0.6 is 0 Å². The van der Waals surface area contributed by atoms with E-state index < -0.39 is 0 Å². The van der Waals surface area contributed by atoms with E-state index in [9.17, 15) is 4.79 Å². The van der Waals surface area contributed by atoms with E-state index in [1.807, 2.05) is 62.4 Å². The van der Waals surface area contributed by atoms with Crippen LogP contribution in [0.4, 0.5) is 5.95 Å². The number of aromatic nitrogens is 2. The normalized spacial score (nSPS) is 16.1. The van der Waals surface area contributed by atoms with E-state index in [0.717, 1.165) is 28.3 Å². The lowest BCUT2D eigenvalue weighted by atomic mass is 9.81. The Morgan fingerprint density at radius 3 is 2.44 bits per heavy atom. The molecule has 3 aromatic rings. The van der Waals surface area contributed by atoms with E-state index in [-0.39, 0.29) is 17.6 Å². The minimum atomic E-state index is -0.00100. The Morgan fingerprint density at radius 2 is 1.67 bits per heavy atom. The first kappa shape index (κ1) is 17.2. The standard InChI is InChI=1S/C22H21N3O2/c1-13-7-3-5-9-19(13)27-20-10-6-4-8-16(20)15-11-17-21(18(26)12-15)14(2)24-22(23)25-17/h3-10,15H,11-12H2,1-2H3,(H2,23,24,25). The van der Waals surface area contributed by atoms with Crippen LogP contribution in [0.25, 0.3) is 0 Å². The number of aryl methyl sites for hydroxylation is 2. The number of hydrogen-bond donors (Lipinski definition) is 1. The summed E-state index contributed by atoms with van der Waals surface area (Å²) < 4.78 is 6.20. The molecule has 4 rings (SSSR count). The van der Waals surface area contributed by atoms with Gasteiger partial charge in [0.25, 0.3) is 0 Å². The minimum Gasteiger partial charge on any atom is -0.457 e. The molecule has 1 unspecified atom stereocenters. The van der Waals surface area contributed by atoms with Gasteiger partial charge in [0, 0.05) is 12.3 Å². The van der Waals surface area contributed by atoms with Crippen LogP contribution in [0.2, 0.25) is 0 Å². The number of nitrogen functional groups attached to an aromatic ring is 1. The Kier molecular flexibility index (Phi) is 4.36. The van der Waals surface area contributed by atoms with Crippen LogP contribution in [0.15, 0.2) is 48.5 Å². The second-order valence-corrected chi connectivity index (χ2v) is 6.92. The van der Waals surface area contributed by atoms with Crippen LogP contribution in [-0.2, 0) is 6.42 Å². The molecular weight excluding hydrogens is 338 g/mol. The Labute approximate surface area is 158 Å². The molecule has 0 aliphatic heterocycles. The van der Waals surface area contributed by atoms with Crippen LogP contribution in [-0.4, -0.2) is 15.8 Å². The van der Waals surface area contributed by atoms with Gasteiger partial charge in [-0.1, -0.05) is 36.4 Å². The molecule has 1 aliphatic carbocycles. The topological polar surface area (TPSA) is 78.1 Å². The predicted octanol–water partition coefficient (Wildman–Crippen LogP) is 4.38. The van der Waals surface area contributed by atoms with Gasteiger partial charge in [0.05, 0.1) is 17.0 Å². The minimum absolute atomic E-state index is 0.00100. The third-order valence-corrected chi connectivity index (χ3v) is 5.00. The SMILES string of the molecule is Cc1ccccc1Oc1ccccc1C1CC(=O)c2c(C)nc(N)nc2C1. The van der Waals surface area contributed by atoms with Crippen LogP contribution in [0, 0.1) is 13.8 Å². The molecule has 0 amide bonds. The van der Waals surface area contributed by atoms with Crippen molar-refractivity contribution in [2.24, 2.45) is 0 Å². The maximum Gasteiger partial charge on any atom is 0.220 e.